The molecule has 1 atom stereocenters. The third-order valence-electron chi connectivity index (χ3n) is 3.81. The Morgan fingerprint density at radius 1 is 1.29 bits per heavy atom. The maximum atomic E-state index is 12.4. The maximum absolute atomic E-state index is 12.4. The number of ether oxygens (including phenoxy) is 1. The number of likely N-dealkylation sites (N-methyl/N-ethyl adjacent to an activating group) is 1. The second-order valence-electron chi connectivity index (χ2n) is 5.71. The number of amides is 1. The Kier molecular flexibility index (Phi) is 5.35. The standard InChI is InChI=1S/C16H23NO4/c1-11(10-12-6-8-13(21-5)9-7-12)14(18)17(4)16(2,3)15(19)20/h6-9,11H,10H2,1-5H3,(H,19,20). The Balaban J connectivity index is 2.76. The fourth-order valence-corrected chi connectivity index (χ4v) is 1.95. The molecule has 1 N–H and O–H groups in total. The third kappa shape index (κ3) is 3.97. The van der Waals surface area contributed by atoms with Gasteiger partial charge in [-0.25, -0.2) is 4.79 Å². The van der Waals surface area contributed by atoms with E-state index in [0.29, 0.717) is 6.42 Å². The van der Waals surface area contributed by atoms with E-state index in [1.807, 2.05) is 24.3 Å². The third-order valence-corrected chi connectivity index (χ3v) is 3.81. The van der Waals surface area contributed by atoms with Crippen molar-refractivity contribution in [3.63, 3.8) is 0 Å². The van der Waals surface area contributed by atoms with Crippen LogP contribution in [-0.4, -0.2) is 41.6 Å². The fraction of sp³-hybridized carbons (Fsp3) is 0.500. The fourth-order valence-electron chi connectivity index (χ4n) is 1.95. The van der Waals surface area contributed by atoms with Gasteiger partial charge in [0.2, 0.25) is 5.91 Å². The van der Waals surface area contributed by atoms with Crippen LogP contribution >= 0.6 is 0 Å². The maximum Gasteiger partial charge on any atom is 0.329 e. The summed E-state index contributed by atoms with van der Waals surface area (Å²) < 4.78 is 5.09. The van der Waals surface area contributed by atoms with Gasteiger partial charge in [-0.2, -0.15) is 0 Å². The molecular weight excluding hydrogens is 270 g/mol. The summed E-state index contributed by atoms with van der Waals surface area (Å²) in [5.74, 6) is -0.725. The van der Waals surface area contributed by atoms with Crippen molar-refractivity contribution in [2.24, 2.45) is 5.92 Å². The lowest BCUT2D eigenvalue weighted by Gasteiger charge is -2.33. The van der Waals surface area contributed by atoms with Crippen LogP contribution in [0.15, 0.2) is 24.3 Å². The molecule has 0 aliphatic rings. The molecule has 21 heavy (non-hydrogen) atoms. The molecule has 5 nitrogen and oxygen atoms in total. The van der Waals surface area contributed by atoms with Gasteiger partial charge in [-0.1, -0.05) is 19.1 Å². The highest BCUT2D eigenvalue weighted by Gasteiger charge is 2.36. The van der Waals surface area contributed by atoms with E-state index < -0.39 is 11.5 Å². The predicted molar refractivity (Wildman–Crippen MR) is 80.3 cm³/mol. The first-order chi connectivity index (χ1) is 9.70. The molecule has 0 spiro atoms. The zero-order valence-corrected chi connectivity index (χ0v) is 13.2. The number of benzene rings is 1. The second kappa shape index (κ2) is 6.61. The number of rotatable bonds is 6. The molecule has 0 radical (unpaired) electrons. The van der Waals surface area contributed by atoms with Gasteiger partial charge in [0.25, 0.3) is 0 Å². The first-order valence-electron chi connectivity index (χ1n) is 6.84. The van der Waals surface area contributed by atoms with Crippen LogP contribution in [0.1, 0.15) is 26.3 Å². The summed E-state index contributed by atoms with van der Waals surface area (Å²) in [5, 5.41) is 9.18. The number of nitrogens with zero attached hydrogens (tertiary/aromatic N) is 1. The molecule has 1 unspecified atom stereocenters. The predicted octanol–water partition coefficient (Wildman–Crippen LogP) is 2.20. The van der Waals surface area contributed by atoms with Crippen molar-refractivity contribution in [3.05, 3.63) is 29.8 Å². The molecular formula is C16H23NO4. The van der Waals surface area contributed by atoms with Crippen LogP contribution in [0.2, 0.25) is 0 Å². The van der Waals surface area contributed by atoms with Gasteiger partial charge in [0.15, 0.2) is 0 Å². The van der Waals surface area contributed by atoms with Crippen LogP contribution in [0.5, 0.6) is 5.75 Å². The second-order valence-corrected chi connectivity index (χ2v) is 5.71. The molecule has 0 aliphatic carbocycles. The molecule has 1 aromatic rings. The zero-order valence-electron chi connectivity index (χ0n) is 13.2. The van der Waals surface area contributed by atoms with Crippen LogP contribution in [-0.2, 0) is 16.0 Å². The number of carboxylic acids is 1. The van der Waals surface area contributed by atoms with E-state index in [-0.39, 0.29) is 11.8 Å². The molecule has 5 heteroatoms. The summed E-state index contributed by atoms with van der Waals surface area (Å²) in [7, 11) is 3.13. The SMILES string of the molecule is COc1ccc(CC(C)C(=O)N(C)C(C)(C)C(=O)O)cc1. The lowest BCUT2D eigenvalue weighted by atomic mass is 9.96. The highest BCUT2D eigenvalue weighted by Crippen LogP contribution is 2.19. The lowest BCUT2D eigenvalue weighted by Crippen LogP contribution is -2.52. The van der Waals surface area contributed by atoms with Crippen molar-refractivity contribution in [2.75, 3.05) is 14.2 Å². The van der Waals surface area contributed by atoms with Crippen LogP contribution in [0.4, 0.5) is 0 Å². The number of carboxylic acid groups (broad SMARTS) is 1. The van der Waals surface area contributed by atoms with E-state index in [1.165, 1.54) is 25.8 Å². The number of aliphatic carboxylic acids is 1. The van der Waals surface area contributed by atoms with Crippen molar-refractivity contribution in [1.82, 2.24) is 4.90 Å². The Bertz CT molecular complexity index is 508. The first kappa shape index (κ1) is 17.0. The summed E-state index contributed by atoms with van der Waals surface area (Å²) in [4.78, 5) is 24.9. The van der Waals surface area contributed by atoms with Crippen LogP contribution in [0.25, 0.3) is 0 Å². The molecule has 116 valence electrons. The Morgan fingerprint density at radius 3 is 2.24 bits per heavy atom. The van der Waals surface area contributed by atoms with E-state index in [1.54, 1.807) is 14.0 Å². The van der Waals surface area contributed by atoms with E-state index in [9.17, 15) is 14.7 Å². The highest BCUT2D eigenvalue weighted by molar-refractivity contribution is 5.87. The molecule has 1 rings (SSSR count). The van der Waals surface area contributed by atoms with Gasteiger partial charge >= 0.3 is 5.97 Å². The van der Waals surface area contributed by atoms with Gasteiger partial charge in [0.05, 0.1) is 7.11 Å². The molecule has 1 aromatic carbocycles. The number of methoxy groups -OCH3 is 1. The van der Waals surface area contributed by atoms with Gasteiger partial charge in [-0.05, 0) is 38.0 Å². The minimum absolute atomic E-state index is 0.182. The van der Waals surface area contributed by atoms with Crippen LogP contribution in [0, 0.1) is 5.92 Å². The zero-order chi connectivity index (χ0) is 16.2. The highest BCUT2D eigenvalue weighted by atomic mass is 16.5. The Hall–Kier alpha value is -2.04. The van der Waals surface area contributed by atoms with E-state index >= 15 is 0 Å². The van der Waals surface area contributed by atoms with Crippen molar-refractivity contribution in [3.8, 4) is 5.75 Å². The minimum atomic E-state index is -1.22. The van der Waals surface area contributed by atoms with Gasteiger partial charge < -0.3 is 14.7 Å². The monoisotopic (exact) mass is 293 g/mol. The quantitative estimate of drug-likeness (QED) is 0.873. The summed E-state index contributed by atoms with van der Waals surface area (Å²) in [6, 6.07) is 7.50. The minimum Gasteiger partial charge on any atom is -0.497 e. The summed E-state index contributed by atoms with van der Waals surface area (Å²) in [6.45, 7) is 4.85. The van der Waals surface area contributed by atoms with E-state index in [2.05, 4.69) is 0 Å². The topological polar surface area (TPSA) is 66.8 Å². The Morgan fingerprint density at radius 2 is 1.81 bits per heavy atom. The average Bonchev–Trinajstić information content (AvgIpc) is 2.46. The molecule has 0 fully saturated rings. The van der Waals surface area contributed by atoms with Crippen molar-refractivity contribution < 1.29 is 19.4 Å². The molecule has 0 saturated heterocycles. The van der Waals surface area contributed by atoms with Crippen LogP contribution < -0.4 is 4.74 Å². The van der Waals surface area contributed by atoms with Crippen molar-refractivity contribution in [2.45, 2.75) is 32.7 Å². The van der Waals surface area contributed by atoms with E-state index in [4.69, 9.17) is 4.74 Å². The number of hydrogen-bond donors (Lipinski definition) is 1. The molecule has 0 aliphatic heterocycles. The largest absolute Gasteiger partial charge is 0.497 e. The number of hydrogen-bond acceptors (Lipinski definition) is 3. The normalized spacial score (nSPS) is 12.6. The summed E-state index contributed by atoms with van der Waals surface area (Å²) in [6.07, 6.45) is 0.558. The molecule has 1 amide bonds. The first-order valence-corrected chi connectivity index (χ1v) is 6.84. The molecule has 0 bridgehead atoms. The number of carbonyl (C=O) groups excluding carboxylic acids is 1. The average molecular weight is 293 g/mol. The van der Waals surface area contributed by atoms with Crippen LogP contribution in [0.3, 0.4) is 0 Å². The van der Waals surface area contributed by atoms with Gasteiger partial charge in [0.1, 0.15) is 11.3 Å². The smallest absolute Gasteiger partial charge is 0.329 e. The van der Waals surface area contributed by atoms with Gasteiger partial charge in [-0.3, -0.25) is 4.79 Å². The van der Waals surface area contributed by atoms with Gasteiger partial charge in [-0.15, -0.1) is 0 Å². The van der Waals surface area contributed by atoms with E-state index in [0.717, 1.165) is 11.3 Å². The number of carbonyl (C=O) groups is 2. The molecule has 0 aromatic heterocycles. The molecule has 0 heterocycles. The van der Waals surface area contributed by atoms with Crippen molar-refractivity contribution >= 4 is 11.9 Å². The van der Waals surface area contributed by atoms with Gasteiger partial charge in [0, 0.05) is 13.0 Å². The summed E-state index contributed by atoms with van der Waals surface area (Å²) in [5.41, 5.74) is -0.205. The lowest BCUT2D eigenvalue weighted by molar-refractivity contribution is -0.156. The summed E-state index contributed by atoms with van der Waals surface area (Å²) >= 11 is 0. The Labute approximate surface area is 125 Å². The molecule has 0 saturated carbocycles. The van der Waals surface area contributed by atoms with Crippen molar-refractivity contribution in [1.29, 1.82) is 0 Å².